The molecule has 0 aliphatic rings. The number of hydrogen-bond acceptors (Lipinski definition) is 4. The number of carboxylic acid groups (broad SMARTS) is 1. The predicted molar refractivity (Wildman–Crippen MR) is 51.9 cm³/mol. The lowest BCUT2D eigenvalue weighted by atomic mass is 10.1. The van der Waals surface area contributed by atoms with Crippen molar-refractivity contribution in [3.63, 3.8) is 0 Å². The fourth-order valence-electron chi connectivity index (χ4n) is 0.632. The first-order chi connectivity index (χ1) is 6.41. The van der Waals surface area contributed by atoms with E-state index in [2.05, 4.69) is 0 Å². The van der Waals surface area contributed by atoms with Gasteiger partial charge in [-0.05, 0) is 19.4 Å². The molecule has 0 saturated heterocycles. The van der Waals surface area contributed by atoms with Crippen molar-refractivity contribution in [3.8, 4) is 0 Å². The van der Waals surface area contributed by atoms with Gasteiger partial charge in [0, 0.05) is 0 Å². The number of aliphatic carboxylic acids is 1. The minimum Gasteiger partial charge on any atom is -0.480 e. The van der Waals surface area contributed by atoms with E-state index in [1.807, 2.05) is 0 Å². The van der Waals surface area contributed by atoms with Crippen LogP contribution in [0.5, 0.6) is 0 Å². The van der Waals surface area contributed by atoms with E-state index < -0.39 is 23.4 Å². The van der Waals surface area contributed by atoms with E-state index in [1.54, 1.807) is 0 Å². The van der Waals surface area contributed by atoms with E-state index in [1.165, 1.54) is 0 Å². The van der Waals surface area contributed by atoms with Crippen LogP contribution < -0.4 is 11.5 Å². The molecular weight excluding hydrogens is 212 g/mol. The van der Waals surface area contributed by atoms with Gasteiger partial charge in [0.15, 0.2) is 0 Å². The summed E-state index contributed by atoms with van der Waals surface area (Å²) in [4.78, 5) is 10.1. The van der Waals surface area contributed by atoms with E-state index in [-0.39, 0.29) is 0 Å². The average molecular weight is 228 g/mol. The highest BCUT2D eigenvalue weighted by Gasteiger charge is 2.09. The third-order valence-corrected chi connectivity index (χ3v) is 1.29. The number of nitrogens with two attached hydrogens (primary N) is 2. The third-order valence-electron chi connectivity index (χ3n) is 1.29. The van der Waals surface area contributed by atoms with Crippen molar-refractivity contribution in [2.75, 3.05) is 6.54 Å². The molecule has 0 saturated carbocycles. The van der Waals surface area contributed by atoms with Gasteiger partial charge in [0.2, 0.25) is 0 Å². The van der Waals surface area contributed by atoms with Gasteiger partial charge in [0.25, 0.3) is 11.4 Å². The first-order valence-electron chi connectivity index (χ1n) is 3.90. The van der Waals surface area contributed by atoms with Crippen LogP contribution in [-0.4, -0.2) is 37.0 Å². The van der Waals surface area contributed by atoms with Gasteiger partial charge < -0.3 is 16.6 Å². The van der Waals surface area contributed by atoms with Gasteiger partial charge in [-0.2, -0.15) is 4.21 Å². The molecule has 0 bridgehead atoms. The predicted octanol–water partition coefficient (Wildman–Crippen LogP) is -0.792. The van der Waals surface area contributed by atoms with Crippen molar-refractivity contribution in [2.24, 2.45) is 11.5 Å². The molecule has 0 aromatic rings. The van der Waals surface area contributed by atoms with Crippen molar-refractivity contribution in [3.05, 3.63) is 0 Å². The van der Waals surface area contributed by atoms with Crippen molar-refractivity contribution < 1.29 is 23.2 Å². The molecule has 0 spiro atoms. The molecule has 0 heterocycles. The largest absolute Gasteiger partial charge is 0.480 e. The zero-order chi connectivity index (χ0) is 11.6. The van der Waals surface area contributed by atoms with Crippen LogP contribution in [-0.2, 0) is 16.2 Å². The Morgan fingerprint density at radius 2 is 1.79 bits per heavy atom. The van der Waals surface area contributed by atoms with E-state index >= 15 is 0 Å². The molecule has 8 heteroatoms. The fraction of sp³-hybridized carbons (Fsp3) is 0.833. The summed E-state index contributed by atoms with van der Waals surface area (Å²) < 4.78 is 22.8. The molecule has 0 aromatic heterocycles. The summed E-state index contributed by atoms with van der Waals surface area (Å²) in [6.07, 6.45) is 2.16. The second-order valence-corrected chi connectivity index (χ2v) is 2.92. The molecule has 0 aromatic carbocycles. The van der Waals surface area contributed by atoms with Crippen molar-refractivity contribution >= 4 is 17.3 Å². The molecule has 14 heavy (non-hydrogen) atoms. The zero-order valence-electron chi connectivity index (χ0n) is 7.63. The van der Waals surface area contributed by atoms with Crippen LogP contribution in [0.15, 0.2) is 0 Å². The normalized spacial score (nSPS) is 11.8. The average Bonchev–Trinajstić information content (AvgIpc) is 2.03. The standard InChI is InChI=1S/C6H14N2O2.H2O3S/c7-4-2-1-3-5(8)6(9)10;1-4(2)3/h5H,1-4,7-8H2,(H,9,10);(H2,1,2,3)/t5-;/m0./s1. The molecule has 0 radical (unpaired) electrons. The summed E-state index contributed by atoms with van der Waals surface area (Å²) in [5.41, 5.74) is 10.4. The summed E-state index contributed by atoms with van der Waals surface area (Å²) in [5, 5.41) is 8.33. The van der Waals surface area contributed by atoms with Crippen LogP contribution in [0.25, 0.3) is 0 Å². The molecule has 0 fully saturated rings. The highest BCUT2D eigenvalue weighted by Crippen LogP contribution is 1.96. The Labute approximate surface area is 84.6 Å². The number of carboxylic acids is 1. The molecule has 0 amide bonds. The smallest absolute Gasteiger partial charge is 0.320 e. The molecule has 0 aliphatic carbocycles. The van der Waals surface area contributed by atoms with Crippen molar-refractivity contribution in [1.29, 1.82) is 0 Å². The van der Waals surface area contributed by atoms with Gasteiger partial charge in [-0.3, -0.25) is 13.9 Å². The molecule has 1 atom stereocenters. The van der Waals surface area contributed by atoms with Crippen LogP contribution in [0.3, 0.4) is 0 Å². The summed E-state index contributed by atoms with van der Waals surface area (Å²) in [6, 6.07) is -0.716. The minimum absolute atomic E-state index is 0.520. The second-order valence-electron chi connectivity index (χ2n) is 2.46. The highest BCUT2D eigenvalue weighted by atomic mass is 32.2. The highest BCUT2D eigenvalue weighted by molar-refractivity contribution is 7.73. The van der Waals surface area contributed by atoms with Gasteiger partial charge in [0.05, 0.1) is 0 Å². The Balaban J connectivity index is 0. The Morgan fingerprint density at radius 3 is 2.07 bits per heavy atom. The maximum atomic E-state index is 10.1. The van der Waals surface area contributed by atoms with Crippen LogP contribution >= 0.6 is 0 Å². The van der Waals surface area contributed by atoms with Crippen LogP contribution in [0, 0.1) is 0 Å². The molecular formula is C6H16N2O5S. The van der Waals surface area contributed by atoms with E-state index in [4.69, 9.17) is 29.9 Å². The van der Waals surface area contributed by atoms with E-state index in [0.29, 0.717) is 13.0 Å². The number of hydrogen-bond donors (Lipinski definition) is 5. The third kappa shape index (κ3) is 17.5. The van der Waals surface area contributed by atoms with Crippen molar-refractivity contribution in [2.45, 2.75) is 25.3 Å². The Kier molecular flexibility index (Phi) is 12.0. The number of unbranched alkanes of at least 4 members (excludes halogenated alkanes) is 1. The lowest BCUT2D eigenvalue weighted by molar-refractivity contribution is -0.138. The molecule has 7 nitrogen and oxygen atoms in total. The summed E-state index contributed by atoms with van der Waals surface area (Å²) in [7, 11) is 0. The maximum absolute atomic E-state index is 10.1. The van der Waals surface area contributed by atoms with Gasteiger partial charge >= 0.3 is 5.97 Å². The first kappa shape index (κ1) is 15.9. The minimum atomic E-state index is -2.61. The van der Waals surface area contributed by atoms with E-state index in [0.717, 1.165) is 12.8 Å². The summed E-state index contributed by atoms with van der Waals surface area (Å²) >= 11 is -2.61. The quantitative estimate of drug-likeness (QED) is 0.306. The van der Waals surface area contributed by atoms with Crippen molar-refractivity contribution in [1.82, 2.24) is 0 Å². The van der Waals surface area contributed by atoms with Gasteiger partial charge in [-0.1, -0.05) is 6.42 Å². The number of carbonyl (C=O) groups is 1. The summed E-state index contributed by atoms with van der Waals surface area (Å²) in [5.74, 6) is -0.933. The maximum Gasteiger partial charge on any atom is 0.320 e. The number of rotatable bonds is 5. The Morgan fingerprint density at radius 1 is 1.36 bits per heavy atom. The molecule has 86 valence electrons. The first-order valence-corrected chi connectivity index (χ1v) is 4.96. The van der Waals surface area contributed by atoms with Crippen LogP contribution in [0.4, 0.5) is 0 Å². The Bertz CT molecular complexity index is 174. The Hall–Kier alpha value is -0.540. The lowest BCUT2D eigenvalue weighted by Gasteiger charge is -2.03. The van der Waals surface area contributed by atoms with Gasteiger partial charge in [0.1, 0.15) is 6.04 Å². The fourth-order valence-corrected chi connectivity index (χ4v) is 0.632. The SMILES string of the molecule is NCCCC[C@H](N)C(=O)O.O=S(O)O. The van der Waals surface area contributed by atoms with E-state index in [9.17, 15) is 4.79 Å². The molecule has 0 rings (SSSR count). The topological polar surface area (TPSA) is 147 Å². The lowest BCUT2D eigenvalue weighted by Crippen LogP contribution is -2.29. The summed E-state index contributed by atoms with van der Waals surface area (Å²) in [6.45, 7) is 0.604. The van der Waals surface area contributed by atoms with Gasteiger partial charge in [-0.15, -0.1) is 0 Å². The second kappa shape index (κ2) is 10.5. The van der Waals surface area contributed by atoms with Crippen LogP contribution in [0.1, 0.15) is 19.3 Å². The molecule has 7 N–H and O–H groups in total. The van der Waals surface area contributed by atoms with Crippen LogP contribution in [0.2, 0.25) is 0 Å². The van der Waals surface area contributed by atoms with Gasteiger partial charge in [-0.25, -0.2) is 0 Å². The molecule has 0 unspecified atom stereocenters. The molecule has 0 aliphatic heterocycles. The zero-order valence-corrected chi connectivity index (χ0v) is 8.44. The monoisotopic (exact) mass is 228 g/mol.